The van der Waals surface area contributed by atoms with Crippen LogP contribution in [0.4, 0.5) is 13.2 Å². The first-order valence-electron chi connectivity index (χ1n) is 8.56. The van der Waals surface area contributed by atoms with Gasteiger partial charge in [-0.15, -0.1) is 0 Å². The summed E-state index contributed by atoms with van der Waals surface area (Å²) in [4.78, 5) is 2.14. The van der Waals surface area contributed by atoms with Gasteiger partial charge in [0, 0.05) is 37.5 Å². The van der Waals surface area contributed by atoms with Crippen molar-refractivity contribution in [2.24, 2.45) is 5.73 Å². The zero-order valence-electron chi connectivity index (χ0n) is 13.9. The van der Waals surface area contributed by atoms with Crippen LogP contribution in [0.1, 0.15) is 43.7 Å². The largest absolute Gasteiger partial charge is 0.417 e. The number of nitrogens with zero attached hydrogens (tertiary/aromatic N) is 1. The Bertz CT molecular complexity index is 557. The van der Waals surface area contributed by atoms with Crippen LogP contribution < -0.4 is 5.73 Å². The summed E-state index contributed by atoms with van der Waals surface area (Å²) in [5.41, 5.74) is 5.54. The second kappa shape index (κ2) is 6.32. The smallest absolute Gasteiger partial charge is 0.380 e. The van der Waals surface area contributed by atoms with Crippen molar-refractivity contribution >= 4 is 0 Å². The van der Waals surface area contributed by atoms with E-state index in [0.717, 1.165) is 24.8 Å². The van der Waals surface area contributed by atoms with E-state index in [1.807, 2.05) is 31.2 Å². The molecule has 1 aromatic rings. The molecule has 0 amide bonds. The lowest BCUT2D eigenvalue weighted by Gasteiger charge is -2.44. The first-order chi connectivity index (χ1) is 11.2. The zero-order valence-corrected chi connectivity index (χ0v) is 13.9. The number of rotatable bonds is 4. The quantitative estimate of drug-likeness (QED) is 0.884. The highest BCUT2D eigenvalue weighted by atomic mass is 19.4. The Kier molecular flexibility index (Phi) is 4.66. The summed E-state index contributed by atoms with van der Waals surface area (Å²) in [6.07, 6.45) is -2.70. The Balaban J connectivity index is 1.67. The lowest BCUT2D eigenvalue weighted by molar-refractivity contribution is -0.279. The normalized spacial score (nSPS) is 32.1. The Hall–Kier alpha value is -1.11. The van der Waals surface area contributed by atoms with E-state index in [1.165, 1.54) is 5.56 Å². The first-order valence-corrected chi connectivity index (χ1v) is 8.56. The molecule has 0 saturated carbocycles. The van der Waals surface area contributed by atoms with Crippen molar-refractivity contribution in [1.82, 2.24) is 4.90 Å². The second-order valence-corrected chi connectivity index (χ2v) is 7.49. The Morgan fingerprint density at radius 2 is 1.67 bits per heavy atom. The molecule has 3 atom stereocenters. The third-order valence-corrected chi connectivity index (χ3v) is 5.39. The van der Waals surface area contributed by atoms with E-state index in [1.54, 1.807) is 0 Å². The van der Waals surface area contributed by atoms with Crippen LogP contribution in [0.25, 0.3) is 0 Å². The van der Waals surface area contributed by atoms with E-state index in [2.05, 4.69) is 4.90 Å². The van der Waals surface area contributed by atoms with Crippen LogP contribution in [-0.2, 0) is 13.0 Å². The standard InChI is InChI=1S/C18H25F3N2O/c1-12(22)8-13-2-4-14(5-3-13)11-23-15-6-7-16(23)10-17(24,9-15)18(19,20)21/h2-5,12,15-16,24H,6-11,22H2,1H3. The van der Waals surface area contributed by atoms with Crippen molar-refractivity contribution in [3.05, 3.63) is 35.4 Å². The molecule has 2 bridgehead atoms. The average molecular weight is 342 g/mol. The number of nitrogens with two attached hydrogens (primary N) is 1. The van der Waals surface area contributed by atoms with Gasteiger partial charge in [0.25, 0.3) is 0 Å². The molecule has 0 spiro atoms. The van der Waals surface area contributed by atoms with E-state index in [4.69, 9.17) is 5.73 Å². The first kappa shape index (κ1) is 17.7. The van der Waals surface area contributed by atoms with Gasteiger partial charge >= 0.3 is 6.18 Å². The number of fused-ring (bicyclic) bond motifs is 2. The van der Waals surface area contributed by atoms with E-state index < -0.39 is 11.8 Å². The van der Waals surface area contributed by atoms with Gasteiger partial charge in [-0.2, -0.15) is 13.2 Å². The molecule has 2 saturated heterocycles. The molecule has 24 heavy (non-hydrogen) atoms. The molecule has 1 aromatic carbocycles. The summed E-state index contributed by atoms with van der Waals surface area (Å²) in [6.45, 7) is 2.60. The van der Waals surface area contributed by atoms with Crippen LogP contribution in [0.3, 0.4) is 0 Å². The summed E-state index contributed by atoms with van der Waals surface area (Å²) >= 11 is 0. The van der Waals surface area contributed by atoms with Crippen LogP contribution >= 0.6 is 0 Å². The van der Waals surface area contributed by atoms with Crippen LogP contribution in [0.5, 0.6) is 0 Å². The van der Waals surface area contributed by atoms with Crippen molar-refractivity contribution in [2.45, 2.75) is 75.5 Å². The predicted octanol–water partition coefficient (Wildman–Crippen LogP) is 3.00. The van der Waals surface area contributed by atoms with Crippen molar-refractivity contribution in [1.29, 1.82) is 0 Å². The summed E-state index contributed by atoms with van der Waals surface area (Å²) in [6, 6.07) is 7.85. The molecule has 2 fully saturated rings. The molecule has 2 heterocycles. The Morgan fingerprint density at radius 3 is 2.12 bits per heavy atom. The molecule has 134 valence electrons. The van der Waals surface area contributed by atoms with Gasteiger partial charge in [-0.1, -0.05) is 24.3 Å². The van der Waals surface area contributed by atoms with Gasteiger partial charge in [-0.3, -0.25) is 4.90 Å². The number of hydrogen-bond acceptors (Lipinski definition) is 3. The van der Waals surface area contributed by atoms with Crippen LogP contribution in [0.15, 0.2) is 24.3 Å². The van der Waals surface area contributed by atoms with E-state index in [0.29, 0.717) is 6.54 Å². The minimum Gasteiger partial charge on any atom is -0.380 e. The van der Waals surface area contributed by atoms with Gasteiger partial charge in [0.15, 0.2) is 5.60 Å². The van der Waals surface area contributed by atoms with Crippen LogP contribution in [-0.4, -0.2) is 39.9 Å². The fourth-order valence-electron chi connectivity index (χ4n) is 4.17. The predicted molar refractivity (Wildman–Crippen MR) is 86.4 cm³/mol. The lowest BCUT2D eigenvalue weighted by Crippen LogP contribution is -2.57. The number of benzene rings is 1. The number of piperidine rings is 1. The highest BCUT2D eigenvalue weighted by Gasteiger charge is 2.60. The van der Waals surface area contributed by atoms with Gasteiger partial charge in [-0.25, -0.2) is 0 Å². The second-order valence-electron chi connectivity index (χ2n) is 7.49. The molecule has 2 aliphatic heterocycles. The molecular formula is C18H25F3N2O. The van der Waals surface area contributed by atoms with E-state index >= 15 is 0 Å². The van der Waals surface area contributed by atoms with Crippen LogP contribution in [0, 0.1) is 0 Å². The van der Waals surface area contributed by atoms with Gasteiger partial charge in [0.2, 0.25) is 0 Å². The van der Waals surface area contributed by atoms with Crippen molar-refractivity contribution in [2.75, 3.05) is 0 Å². The van der Waals surface area contributed by atoms with Crippen molar-refractivity contribution in [3.8, 4) is 0 Å². The molecule has 0 aromatic heterocycles. The number of aliphatic hydroxyl groups is 1. The van der Waals surface area contributed by atoms with Gasteiger partial charge in [0.05, 0.1) is 0 Å². The molecule has 2 aliphatic rings. The molecule has 3 rings (SSSR count). The molecule has 6 heteroatoms. The van der Waals surface area contributed by atoms with Gasteiger partial charge in [0.1, 0.15) is 0 Å². The fourth-order valence-corrected chi connectivity index (χ4v) is 4.17. The summed E-state index contributed by atoms with van der Waals surface area (Å²) in [5.74, 6) is 0. The monoisotopic (exact) mass is 342 g/mol. The number of alkyl halides is 3. The zero-order chi connectivity index (χ0) is 17.5. The fraction of sp³-hybridized carbons (Fsp3) is 0.667. The average Bonchev–Trinajstić information content (AvgIpc) is 2.71. The molecule has 0 radical (unpaired) electrons. The highest BCUT2D eigenvalue weighted by Crippen LogP contribution is 2.48. The molecule has 0 aliphatic carbocycles. The Labute approximate surface area is 140 Å². The number of halogens is 3. The van der Waals surface area contributed by atoms with Crippen LogP contribution in [0.2, 0.25) is 0 Å². The summed E-state index contributed by atoms with van der Waals surface area (Å²) in [5, 5.41) is 10.0. The number of hydrogen-bond donors (Lipinski definition) is 2. The van der Waals surface area contributed by atoms with Crippen molar-refractivity contribution in [3.63, 3.8) is 0 Å². The summed E-state index contributed by atoms with van der Waals surface area (Å²) < 4.78 is 39.4. The van der Waals surface area contributed by atoms with Gasteiger partial charge in [-0.05, 0) is 37.3 Å². The summed E-state index contributed by atoms with van der Waals surface area (Å²) in [7, 11) is 0. The maximum Gasteiger partial charge on any atom is 0.417 e. The van der Waals surface area contributed by atoms with Crippen molar-refractivity contribution < 1.29 is 18.3 Å². The minimum absolute atomic E-state index is 0.105. The van der Waals surface area contributed by atoms with E-state index in [9.17, 15) is 18.3 Å². The maximum absolute atomic E-state index is 13.1. The van der Waals surface area contributed by atoms with Gasteiger partial charge < -0.3 is 10.8 Å². The Morgan fingerprint density at radius 1 is 1.17 bits per heavy atom. The highest BCUT2D eigenvalue weighted by molar-refractivity contribution is 5.24. The van der Waals surface area contributed by atoms with E-state index in [-0.39, 0.29) is 31.0 Å². The molecular weight excluding hydrogens is 317 g/mol. The third kappa shape index (κ3) is 3.46. The minimum atomic E-state index is -4.54. The SMILES string of the molecule is CC(N)Cc1ccc(CN2C3CCC2CC(O)(C(F)(F)F)C3)cc1. The molecule has 3 unspecified atom stereocenters. The third-order valence-electron chi connectivity index (χ3n) is 5.39. The molecule has 3 nitrogen and oxygen atoms in total. The topological polar surface area (TPSA) is 49.5 Å². The maximum atomic E-state index is 13.1. The molecule has 3 N–H and O–H groups in total. The lowest BCUT2D eigenvalue weighted by atomic mass is 9.85.